The molecule has 2 amide bonds. The zero-order valence-corrected chi connectivity index (χ0v) is 20.1. The van der Waals surface area contributed by atoms with Crippen LogP contribution >= 0.6 is 0 Å². The Kier molecular flexibility index (Phi) is 7.80. The minimum Gasteiger partial charge on any atom is -0.444 e. The molecule has 0 radical (unpaired) electrons. The second kappa shape index (κ2) is 10.6. The highest BCUT2D eigenvalue weighted by atomic mass is 16.6. The van der Waals surface area contributed by atoms with Crippen molar-refractivity contribution in [3.05, 3.63) is 42.1 Å². The monoisotopic (exact) mass is 450 g/mol. The Morgan fingerprint density at radius 1 is 1.30 bits per heavy atom. The summed E-state index contributed by atoms with van der Waals surface area (Å²) in [6.45, 7) is 8.10. The Balaban J connectivity index is 1.63. The minimum atomic E-state index is -0.525. The predicted octanol–water partition coefficient (Wildman–Crippen LogP) is 4.67. The number of ether oxygens (including phenoxy) is 1. The van der Waals surface area contributed by atoms with Gasteiger partial charge in [-0.2, -0.15) is 5.26 Å². The first-order valence-electron chi connectivity index (χ1n) is 11.5. The third kappa shape index (κ3) is 6.61. The molecule has 1 aromatic heterocycles. The van der Waals surface area contributed by atoms with Crippen molar-refractivity contribution in [1.82, 2.24) is 14.4 Å². The van der Waals surface area contributed by atoms with Crippen molar-refractivity contribution in [2.24, 2.45) is 5.92 Å². The van der Waals surface area contributed by atoms with Gasteiger partial charge in [0.15, 0.2) is 0 Å². The maximum atomic E-state index is 12.9. The number of hydrogen-bond donors (Lipinski definition) is 0. The van der Waals surface area contributed by atoms with E-state index < -0.39 is 5.60 Å². The van der Waals surface area contributed by atoms with E-state index in [0.29, 0.717) is 26.1 Å². The van der Waals surface area contributed by atoms with Crippen molar-refractivity contribution in [3.63, 3.8) is 0 Å². The summed E-state index contributed by atoms with van der Waals surface area (Å²) < 4.78 is 7.50. The average Bonchev–Trinajstić information content (AvgIpc) is 3.12. The summed E-state index contributed by atoms with van der Waals surface area (Å²) in [5.41, 5.74) is 1.50. The third-order valence-corrected chi connectivity index (χ3v) is 5.76. The smallest absolute Gasteiger partial charge is 0.410 e. The van der Waals surface area contributed by atoms with E-state index in [9.17, 15) is 9.59 Å². The van der Waals surface area contributed by atoms with E-state index in [-0.39, 0.29) is 17.9 Å². The molecule has 3 rings (SSSR count). The number of carbonyl (C=O) groups is 2. The second-order valence-electron chi connectivity index (χ2n) is 9.69. The van der Waals surface area contributed by atoms with Crippen LogP contribution in [0, 0.1) is 17.2 Å². The Hall–Kier alpha value is -3.27. The van der Waals surface area contributed by atoms with Crippen molar-refractivity contribution in [2.45, 2.75) is 52.2 Å². The van der Waals surface area contributed by atoms with Gasteiger partial charge >= 0.3 is 6.09 Å². The van der Waals surface area contributed by atoms with E-state index in [1.807, 2.05) is 62.2 Å². The molecule has 1 unspecified atom stereocenters. The fraction of sp³-hybridized carbons (Fsp3) is 0.500. The van der Waals surface area contributed by atoms with E-state index in [1.165, 1.54) is 0 Å². The number of amides is 2. The van der Waals surface area contributed by atoms with Crippen LogP contribution in [-0.4, -0.2) is 58.7 Å². The van der Waals surface area contributed by atoms with E-state index in [1.54, 1.807) is 18.0 Å². The number of aromatic nitrogens is 1. The van der Waals surface area contributed by atoms with E-state index in [0.717, 1.165) is 35.9 Å². The van der Waals surface area contributed by atoms with E-state index >= 15 is 0 Å². The lowest BCUT2D eigenvalue weighted by Crippen LogP contribution is -2.44. The highest BCUT2D eigenvalue weighted by Crippen LogP contribution is 2.24. The molecule has 33 heavy (non-hydrogen) atoms. The third-order valence-electron chi connectivity index (χ3n) is 5.76. The number of rotatable bonds is 6. The Labute approximate surface area is 196 Å². The summed E-state index contributed by atoms with van der Waals surface area (Å²) in [6.07, 6.45) is 7.50. The van der Waals surface area contributed by atoms with Gasteiger partial charge < -0.3 is 19.1 Å². The normalized spacial score (nSPS) is 16.7. The lowest BCUT2D eigenvalue weighted by molar-refractivity contribution is -0.127. The molecule has 1 saturated heterocycles. The van der Waals surface area contributed by atoms with Crippen LogP contribution in [0.2, 0.25) is 0 Å². The van der Waals surface area contributed by atoms with Crippen molar-refractivity contribution < 1.29 is 14.3 Å². The average molecular weight is 451 g/mol. The number of nitrogens with zero attached hydrogens (tertiary/aromatic N) is 4. The van der Waals surface area contributed by atoms with Gasteiger partial charge in [-0.05, 0) is 51.7 Å². The lowest BCUT2D eigenvalue weighted by atomic mass is 9.97. The minimum absolute atomic E-state index is 0.0199. The summed E-state index contributed by atoms with van der Waals surface area (Å²) in [5.74, 6) is 0.204. The standard InChI is InChI=1S/C26H34N4O3/c1-26(2,3)33-25(32)28(4)17-20-9-7-15-30(18-20)24(31)13-12-21-19-29(16-8-14-27)23-11-6-5-10-22(21)23/h5-6,10-13,19-20H,7-9,15-18H2,1-4H3/b13-12+. The number of carbonyl (C=O) groups excluding carboxylic acids is 2. The largest absolute Gasteiger partial charge is 0.444 e. The molecule has 0 aliphatic carbocycles. The lowest BCUT2D eigenvalue weighted by Gasteiger charge is -2.34. The number of benzene rings is 1. The molecule has 1 atom stereocenters. The van der Waals surface area contributed by atoms with Gasteiger partial charge in [-0.15, -0.1) is 0 Å². The maximum Gasteiger partial charge on any atom is 0.410 e. The SMILES string of the molecule is CN(CC1CCCN(C(=O)/C=C/c2cn(CCC#N)c3ccccc23)C1)C(=O)OC(C)(C)C. The molecule has 0 saturated carbocycles. The van der Waals surface area contributed by atoms with Gasteiger partial charge in [0.1, 0.15) is 5.60 Å². The number of fused-ring (bicyclic) bond motifs is 1. The topological polar surface area (TPSA) is 78.6 Å². The maximum absolute atomic E-state index is 12.9. The van der Waals surface area contributed by atoms with Gasteiger partial charge in [0.2, 0.25) is 5.91 Å². The molecule has 1 aliphatic rings. The van der Waals surface area contributed by atoms with Crippen LogP contribution in [0.4, 0.5) is 4.79 Å². The first-order valence-corrected chi connectivity index (χ1v) is 11.5. The molecular formula is C26H34N4O3. The molecule has 2 heterocycles. The molecule has 1 aliphatic heterocycles. The number of aryl methyl sites for hydroxylation is 1. The number of para-hydroxylation sites is 1. The zero-order chi connectivity index (χ0) is 24.0. The zero-order valence-electron chi connectivity index (χ0n) is 20.1. The van der Waals surface area contributed by atoms with Crippen LogP contribution in [-0.2, 0) is 16.1 Å². The van der Waals surface area contributed by atoms with Gasteiger partial charge in [0.25, 0.3) is 0 Å². The fourth-order valence-corrected chi connectivity index (χ4v) is 4.25. The molecule has 176 valence electrons. The molecular weight excluding hydrogens is 416 g/mol. The second-order valence-corrected chi connectivity index (χ2v) is 9.69. The van der Waals surface area contributed by atoms with Crippen molar-refractivity contribution in [1.29, 1.82) is 5.26 Å². The summed E-state index contributed by atoms with van der Waals surface area (Å²) in [7, 11) is 1.75. The van der Waals surface area contributed by atoms with Crippen LogP contribution in [0.25, 0.3) is 17.0 Å². The Bertz CT molecular complexity index is 1060. The molecule has 7 heteroatoms. The van der Waals surface area contributed by atoms with Crippen molar-refractivity contribution in [2.75, 3.05) is 26.7 Å². The first-order chi connectivity index (χ1) is 15.7. The molecule has 0 bridgehead atoms. The van der Waals surface area contributed by atoms with Gasteiger partial charge in [-0.1, -0.05) is 18.2 Å². The molecule has 2 aromatic rings. The van der Waals surface area contributed by atoms with Crippen molar-refractivity contribution in [3.8, 4) is 6.07 Å². The number of piperidine rings is 1. The molecule has 0 N–H and O–H groups in total. The van der Waals surface area contributed by atoms with Gasteiger partial charge in [0.05, 0.1) is 12.5 Å². The number of hydrogen-bond acceptors (Lipinski definition) is 4. The van der Waals surface area contributed by atoms with Crippen LogP contribution in [0.3, 0.4) is 0 Å². The van der Waals surface area contributed by atoms with Gasteiger partial charge in [-0.25, -0.2) is 4.79 Å². The number of likely N-dealkylation sites (tertiary alicyclic amines) is 1. The number of nitriles is 1. The van der Waals surface area contributed by atoms with E-state index in [2.05, 4.69) is 10.6 Å². The van der Waals surface area contributed by atoms with Crippen LogP contribution in [0.5, 0.6) is 0 Å². The predicted molar refractivity (Wildman–Crippen MR) is 129 cm³/mol. The molecule has 0 spiro atoms. The molecule has 7 nitrogen and oxygen atoms in total. The highest BCUT2D eigenvalue weighted by Gasteiger charge is 2.26. The Morgan fingerprint density at radius 3 is 2.79 bits per heavy atom. The van der Waals surface area contributed by atoms with Crippen LogP contribution < -0.4 is 0 Å². The fourth-order valence-electron chi connectivity index (χ4n) is 4.25. The summed E-state index contributed by atoms with van der Waals surface area (Å²) >= 11 is 0. The highest BCUT2D eigenvalue weighted by molar-refractivity contribution is 5.96. The molecule has 1 aromatic carbocycles. The van der Waals surface area contributed by atoms with E-state index in [4.69, 9.17) is 10.00 Å². The summed E-state index contributed by atoms with van der Waals surface area (Å²) in [5, 5.41) is 9.99. The quantitative estimate of drug-likeness (QED) is 0.599. The molecule has 1 fully saturated rings. The van der Waals surface area contributed by atoms with Gasteiger partial charge in [0, 0.05) is 62.0 Å². The van der Waals surface area contributed by atoms with Gasteiger partial charge in [-0.3, -0.25) is 4.79 Å². The van der Waals surface area contributed by atoms with Crippen LogP contribution in [0.15, 0.2) is 36.5 Å². The van der Waals surface area contributed by atoms with Crippen LogP contribution in [0.1, 0.15) is 45.6 Å². The summed E-state index contributed by atoms with van der Waals surface area (Å²) in [4.78, 5) is 28.7. The Morgan fingerprint density at radius 2 is 2.06 bits per heavy atom. The first kappa shape index (κ1) is 24.4. The summed E-state index contributed by atoms with van der Waals surface area (Å²) in [6, 6.07) is 10.2. The van der Waals surface area contributed by atoms with Crippen molar-refractivity contribution >= 4 is 29.0 Å².